The van der Waals surface area contributed by atoms with Gasteiger partial charge in [-0.3, -0.25) is 9.59 Å². The highest BCUT2D eigenvalue weighted by molar-refractivity contribution is 5.93. The van der Waals surface area contributed by atoms with Gasteiger partial charge in [0.1, 0.15) is 0 Å². The van der Waals surface area contributed by atoms with E-state index in [0.29, 0.717) is 6.54 Å². The molecule has 1 saturated carbocycles. The molecule has 1 fully saturated rings. The molecule has 2 aromatic rings. The number of carbonyl (C=O) groups excluding carboxylic acids is 2. The van der Waals surface area contributed by atoms with Gasteiger partial charge in [-0.05, 0) is 61.9 Å². The molecule has 0 unspecified atom stereocenters. The zero-order valence-electron chi connectivity index (χ0n) is 21.5. The predicted octanol–water partition coefficient (Wildman–Crippen LogP) is 6.20. The summed E-state index contributed by atoms with van der Waals surface area (Å²) in [7, 11) is 4.04. The number of amides is 2. The molecule has 0 heterocycles. The van der Waals surface area contributed by atoms with Crippen LogP contribution < -0.4 is 10.2 Å². The third kappa shape index (κ3) is 6.19. The lowest BCUT2D eigenvalue weighted by atomic mass is 9.94. The van der Waals surface area contributed by atoms with E-state index in [1.807, 2.05) is 67.5 Å². The number of hydrogen-bond donors (Lipinski definition) is 1. The first-order valence-electron chi connectivity index (χ1n) is 12.8. The van der Waals surface area contributed by atoms with Gasteiger partial charge in [-0.25, -0.2) is 0 Å². The average Bonchev–Trinajstić information content (AvgIpc) is 3.38. The Bertz CT molecular complexity index is 951. The van der Waals surface area contributed by atoms with Gasteiger partial charge in [0, 0.05) is 44.0 Å². The number of carbonyl (C=O) groups is 2. The van der Waals surface area contributed by atoms with Gasteiger partial charge in [0.2, 0.25) is 11.8 Å². The summed E-state index contributed by atoms with van der Waals surface area (Å²) >= 11 is 0. The minimum atomic E-state index is -0.164. The van der Waals surface area contributed by atoms with Crippen LogP contribution in [0.4, 0.5) is 11.4 Å². The monoisotopic (exact) mass is 463 g/mol. The Kier molecular flexibility index (Phi) is 9.14. The van der Waals surface area contributed by atoms with Gasteiger partial charge in [0.05, 0.1) is 5.92 Å². The van der Waals surface area contributed by atoms with Gasteiger partial charge >= 0.3 is 0 Å². The van der Waals surface area contributed by atoms with Crippen molar-refractivity contribution in [1.29, 1.82) is 0 Å². The maximum Gasteiger partial charge on any atom is 0.230 e. The van der Waals surface area contributed by atoms with Crippen LogP contribution in [0.2, 0.25) is 0 Å². The van der Waals surface area contributed by atoms with Crippen LogP contribution in [0.1, 0.15) is 76.3 Å². The lowest BCUT2D eigenvalue weighted by Gasteiger charge is -2.33. The molecule has 1 aliphatic carbocycles. The Morgan fingerprint density at radius 1 is 1.00 bits per heavy atom. The molecule has 0 saturated heterocycles. The van der Waals surface area contributed by atoms with Crippen LogP contribution >= 0.6 is 0 Å². The topological polar surface area (TPSA) is 52.7 Å². The van der Waals surface area contributed by atoms with Crippen LogP contribution in [0.25, 0.3) is 0 Å². The lowest BCUT2D eigenvalue weighted by molar-refractivity contribution is -0.135. The number of nitrogens with zero attached hydrogens (tertiary/aromatic N) is 2. The quantitative estimate of drug-likeness (QED) is 0.456. The molecular weight excluding hydrogens is 422 g/mol. The van der Waals surface area contributed by atoms with E-state index in [0.717, 1.165) is 61.0 Å². The number of anilines is 2. The Morgan fingerprint density at radius 2 is 1.68 bits per heavy atom. The van der Waals surface area contributed by atoms with E-state index in [4.69, 9.17) is 0 Å². The van der Waals surface area contributed by atoms with Crippen LogP contribution in [0.15, 0.2) is 48.5 Å². The van der Waals surface area contributed by atoms with Crippen molar-refractivity contribution in [1.82, 2.24) is 4.90 Å². The third-order valence-corrected chi connectivity index (χ3v) is 7.21. The molecular formula is C29H41N3O2. The van der Waals surface area contributed by atoms with Crippen molar-refractivity contribution in [3.05, 3.63) is 59.7 Å². The summed E-state index contributed by atoms with van der Waals surface area (Å²) in [6, 6.07) is 16.3. The molecule has 184 valence electrons. The fraction of sp³-hybridized carbons (Fsp3) is 0.517. The molecule has 5 nitrogen and oxygen atoms in total. The van der Waals surface area contributed by atoms with E-state index >= 15 is 0 Å². The van der Waals surface area contributed by atoms with Crippen LogP contribution in [0.5, 0.6) is 0 Å². The highest BCUT2D eigenvalue weighted by Gasteiger charge is 2.28. The number of hydrogen-bond acceptors (Lipinski definition) is 3. The molecule has 2 aromatic carbocycles. The molecule has 0 radical (unpaired) electrons. The summed E-state index contributed by atoms with van der Waals surface area (Å²) in [5, 5.41) is 3.13. The molecule has 0 spiro atoms. The first-order chi connectivity index (χ1) is 16.3. The van der Waals surface area contributed by atoms with E-state index < -0.39 is 0 Å². The Balaban J connectivity index is 1.89. The van der Waals surface area contributed by atoms with E-state index in [2.05, 4.69) is 31.0 Å². The Labute approximate surface area is 205 Å². The third-order valence-electron chi connectivity index (χ3n) is 7.21. The Morgan fingerprint density at radius 3 is 2.26 bits per heavy atom. The summed E-state index contributed by atoms with van der Waals surface area (Å²) in [6.45, 7) is 6.84. The summed E-state index contributed by atoms with van der Waals surface area (Å²) < 4.78 is 0. The van der Waals surface area contributed by atoms with Crippen molar-refractivity contribution >= 4 is 23.2 Å². The minimum absolute atomic E-state index is 0.108. The zero-order valence-corrected chi connectivity index (χ0v) is 21.5. The second-order valence-corrected chi connectivity index (χ2v) is 9.80. The summed E-state index contributed by atoms with van der Waals surface area (Å²) in [5.74, 6) is 0.230. The van der Waals surface area contributed by atoms with Crippen LogP contribution in [0.3, 0.4) is 0 Å². The SMILES string of the molecule is CC[C@@H](C)N(Cc1cc(NC(=O)C2CCCC2)ccc1N(C)C)C(=O)[C@H](CC)c1ccccc1. The zero-order chi connectivity index (χ0) is 24.7. The van der Waals surface area contributed by atoms with Crippen LogP contribution in [-0.4, -0.2) is 36.9 Å². The molecule has 2 atom stereocenters. The molecule has 0 aromatic heterocycles. The van der Waals surface area contributed by atoms with E-state index in [9.17, 15) is 9.59 Å². The van der Waals surface area contributed by atoms with Crippen molar-refractivity contribution < 1.29 is 9.59 Å². The van der Waals surface area contributed by atoms with Crippen molar-refractivity contribution in [2.24, 2.45) is 5.92 Å². The molecule has 34 heavy (non-hydrogen) atoms. The normalized spacial score (nSPS) is 15.6. The second-order valence-electron chi connectivity index (χ2n) is 9.80. The molecule has 3 rings (SSSR count). The molecule has 1 aliphatic rings. The number of nitrogens with one attached hydrogen (secondary N) is 1. The summed E-state index contributed by atoms with van der Waals surface area (Å²) in [5.41, 5.74) is 3.98. The summed E-state index contributed by atoms with van der Waals surface area (Å²) in [4.78, 5) is 30.7. The maximum absolute atomic E-state index is 13.8. The number of rotatable bonds is 10. The van der Waals surface area contributed by atoms with Crippen LogP contribution in [-0.2, 0) is 16.1 Å². The first kappa shape index (κ1) is 25.8. The van der Waals surface area contributed by atoms with Crippen molar-refractivity contribution in [2.75, 3.05) is 24.3 Å². The fourth-order valence-electron chi connectivity index (χ4n) is 4.95. The van der Waals surface area contributed by atoms with E-state index in [1.165, 1.54) is 0 Å². The molecule has 5 heteroatoms. The largest absolute Gasteiger partial charge is 0.377 e. The Hall–Kier alpha value is -2.82. The van der Waals surface area contributed by atoms with Crippen LogP contribution in [0, 0.1) is 5.92 Å². The van der Waals surface area contributed by atoms with Crippen molar-refractivity contribution in [3.63, 3.8) is 0 Å². The minimum Gasteiger partial charge on any atom is -0.377 e. The molecule has 0 bridgehead atoms. The van der Waals surface area contributed by atoms with Gasteiger partial charge in [0.15, 0.2) is 0 Å². The van der Waals surface area contributed by atoms with Gasteiger partial charge < -0.3 is 15.1 Å². The highest BCUT2D eigenvalue weighted by atomic mass is 16.2. The standard InChI is InChI=1S/C29H41N3O2/c1-6-21(3)32(29(34)26(7-2)22-13-9-8-10-14-22)20-24-19-25(17-18-27(24)31(4)5)30-28(33)23-15-11-12-16-23/h8-10,13-14,17-19,21,23,26H,6-7,11-12,15-16,20H2,1-5H3,(H,30,33)/t21-,26-/m1/s1. The summed E-state index contributed by atoms with van der Waals surface area (Å²) in [6.07, 6.45) is 5.86. The lowest BCUT2D eigenvalue weighted by Crippen LogP contribution is -2.41. The molecule has 2 amide bonds. The maximum atomic E-state index is 13.8. The predicted molar refractivity (Wildman–Crippen MR) is 141 cm³/mol. The first-order valence-corrected chi connectivity index (χ1v) is 12.8. The van der Waals surface area contributed by atoms with Crippen molar-refractivity contribution in [3.8, 4) is 0 Å². The van der Waals surface area contributed by atoms with Crippen molar-refractivity contribution in [2.45, 2.75) is 77.8 Å². The number of benzene rings is 2. The van der Waals surface area contributed by atoms with Gasteiger partial charge in [-0.1, -0.05) is 57.0 Å². The smallest absolute Gasteiger partial charge is 0.230 e. The highest BCUT2D eigenvalue weighted by Crippen LogP contribution is 2.30. The van der Waals surface area contributed by atoms with Gasteiger partial charge in [-0.2, -0.15) is 0 Å². The van der Waals surface area contributed by atoms with E-state index in [1.54, 1.807) is 0 Å². The molecule has 0 aliphatic heterocycles. The van der Waals surface area contributed by atoms with Gasteiger partial charge in [-0.15, -0.1) is 0 Å². The average molecular weight is 464 g/mol. The fourth-order valence-corrected chi connectivity index (χ4v) is 4.95. The van der Waals surface area contributed by atoms with Gasteiger partial charge in [0.25, 0.3) is 0 Å². The van der Waals surface area contributed by atoms with E-state index in [-0.39, 0.29) is 29.7 Å². The second kappa shape index (κ2) is 12.0. The molecule has 1 N–H and O–H groups in total.